The molecule has 4 nitrogen and oxygen atoms in total. The minimum atomic E-state index is -2.94. The van der Waals surface area contributed by atoms with E-state index in [2.05, 4.69) is 5.32 Å². The Hall–Kier alpha value is -1.14. The Morgan fingerprint density at radius 2 is 1.94 bits per heavy atom. The van der Waals surface area contributed by atoms with Crippen molar-refractivity contribution in [1.29, 1.82) is 0 Å². The molecule has 2 heterocycles. The first-order chi connectivity index (χ1) is 8.46. The number of hydrogen-bond donors (Lipinski definition) is 1. The molecule has 1 aromatic carbocycles. The molecule has 0 spiro atoms. The topological polar surface area (TPSA) is 49.4 Å². The van der Waals surface area contributed by atoms with Crippen molar-refractivity contribution in [1.82, 2.24) is 5.32 Å². The lowest BCUT2D eigenvalue weighted by atomic mass is 10.1. The zero-order chi connectivity index (χ0) is 12.9. The second-order valence-corrected chi connectivity index (χ2v) is 7.45. The van der Waals surface area contributed by atoms with Crippen LogP contribution in [0.5, 0.6) is 0 Å². The normalized spacial score (nSPS) is 29.2. The average Bonchev–Trinajstić information content (AvgIpc) is 2.70. The predicted octanol–water partition coefficient (Wildman–Crippen LogP) is 0.855. The largest absolute Gasteiger partial charge is 0.356 e. The van der Waals surface area contributed by atoms with Gasteiger partial charge in [0.2, 0.25) is 0 Å². The van der Waals surface area contributed by atoms with Crippen molar-refractivity contribution in [2.45, 2.75) is 19.0 Å². The number of anilines is 1. The Labute approximate surface area is 112 Å². The van der Waals surface area contributed by atoms with Crippen LogP contribution < -0.4 is 10.2 Å². The van der Waals surface area contributed by atoms with E-state index in [1.807, 2.05) is 36.1 Å². The molecule has 2 atom stereocenters. The van der Waals surface area contributed by atoms with Gasteiger partial charge in [0.05, 0.1) is 23.6 Å². The first-order valence-electron chi connectivity index (χ1n) is 5.83. The standard InChI is InChI=1S/C12H14N2O2S2/c1-8-2-4-9(5-3-8)14-11-7-18(15,16)6-10(11)13-12(14)17/h2-5,10-11H,6-7H2,1H3,(H,13,17)/t10-,11-/m1/s1. The van der Waals surface area contributed by atoms with Crippen molar-refractivity contribution in [3.05, 3.63) is 29.8 Å². The summed E-state index contributed by atoms with van der Waals surface area (Å²) < 4.78 is 23.3. The van der Waals surface area contributed by atoms with Gasteiger partial charge in [0.15, 0.2) is 14.9 Å². The van der Waals surface area contributed by atoms with Gasteiger partial charge in [-0.3, -0.25) is 0 Å². The monoisotopic (exact) mass is 282 g/mol. The number of nitrogens with zero attached hydrogens (tertiary/aromatic N) is 1. The Morgan fingerprint density at radius 1 is 1.28 bits per heavy atom. The first kappa shape index (κ1) is 11.9. The summed E-state index contributed by atoms with van der Waals surface area (Å²) in [7, 11) is -2.94. The highest BCUT2D eigenvalue weighted by Gasteiger charge is 2.47. The van der Waals surface area contributed by atoms with Crippen LogP contribution >= 0.6 is 12.2 Å². The zero-order valence-corrected chi connectivity index (χ0v) is 11.6. The molecule has 18 heavy (non-hydrogen) atoms. The summed E-state index contributed by atoms with van der Waals surface area (Å²) in [6.45, 7) is 2.02. The van der Waals surface area contributed by atoms with Crippen molar-refractivity contribution in [3.8, 4) is 0 Å². The van der Waals surface area contributed by atoms with E-state index in [0.717, 1.165) is 5.69 Å². The summed E-state index contributed by atoms with van der Waals surface area (Å²) >= 11 is 5.30. The smallest absolute Gasteiger partial charge is 0.174 e. The number of rotatable bonds is 1. The highest BCUT2D eigenvalue weighted by molar-refractivity contribution is 7.91. The Balaban J connectivity index is 1.96. The van der Waals surface area contributed by atoms with Gasteiger partial charge in [-0.15, -0.1) is 0 Å². The van der Waals surface area contributed by atoms with Crippen molar-refractivity contribution in [3.63, 3.8) is 0 Å². The van der Waals surface area contributed by atoms with Crippen LogP contribution in [-0.2, 0) is 9.84 Å². The van der Waals surface area contributed by atoms with Crippen molar-refractivity contribution < 1.29 is 8.42 Å². The van der Waals surface area contributed by atoms with Crippen LogP contribution in [0.3, 0.4) is 0 Å². The molecule has 0 amide bonds. The third-order valence-electron chi connectivity index (χ3n) is 3.49. The molecule has 0 aliphatic carbocycles. The van der Waals surface area contributed by atoms with Crippen LogP contribution in [0.1, 0.15) is 5.56 Å². The van der Waals surface area contributed by atoms with Gasteiger partial charge >= 0.3 is 0 Å². The van der Waals surface area contributed by atoms with Crippen LogP contribution in [0.2, 0.25) is 0 Å². The zero-order valence-electron chi connectivity index (χ0n) is 9.96. The summed E-state index contributed by atoms with van der Waals surface area (Å²) in [5, 5.41) is 3.74. The fourth-order valence-electron chi connectivity index (χ4n) is 2.61. The fraction of sp³-hybridized carbons (Fsp3) is 0.417. The van der Waals surface area contributed by atoms with Gasteiger partial charge in [0, 0.05) is 5.69 Å². The Kier molecular flexibility index (Phi) is 2.60. The second-order valence-electron chi connectivity index (χ2n) is 4.91. The summed E-state index contributed by atoms with van der Waals surface area (Å²) in [6, 6.07) is 7.85. The molecule has 2 aliphatic heterocycles. The van der Waals surface area contributed by atoms with Gasteiger partial charge in [-0.2, -0.15) is 0 Å². The van der Waals surface area contributed by atoms with E-state index in [0.29, 0.717) is 5.11 Å². The third-order valence-corrected chi connectivity index (χ3v) is 5.53. The number of sulfone groups is 1. The predicted molar refractivity (Wildman–Crippen MR) is 75.6 cm³/mol. The molecule has 0 unspecified atom stereocenters. The van der Waals surface area contributed by atoms with Crippen LogP contribution in [0, 0.1) is 6.92 Å². The fourth-order valence-corrected chi connectivity index (χ4v) is 4.90. The average molecular weight is 282 g/mol. The number of benzene rings is 1. The Bertz CT molecular complexity index is 595. The molecule has 1 N–H and O–H groups in total. The highest BCUT2D eigenvalue weighted by atomic mass is 32.2. The van der Waals surface area contributed by atoms with Crippen LogP contribution in [0.15, 0.2) is 24.3 Å². The lowest BCUT2D eigenvalue weighted by Gasteiger charge is -2.23. The molecule has 6 heteroatoms. The van der Waals surface area contributed by atoms with Crippen molar-refractivity contribution in [2.75, 3.05) is 16.4 Å². The maximum Gasteiger partial charge on any atom is 0.174 e. The van der Waals surface area contributed by atoms with Gasteiger partial charge in [-0.1, -0.05) is 17.7 Å². The number of hydrogen-bond acceptors (Lipinski definition) is 3. The Morgan fingerprint density at radius 3 is 2.61 bits per heavy atom. The van der Waals surface area contributed by atoms with E-state index in [1.165, 1.54) is 5.56 Å². The summed E-state index contributed by atoms with van der Waals surface area (Å²) in [5.74, 6) is 0.360. The number of nitrogens with one attached hydrogen (secondary N) is 1. The summed E-state index contributed by atoms with van der Waals surface area (Å²) in [6.07, 6.45) is 0. The molecule has 0 bridgehead atoms. The number of fused-ring (bicyclic) bond motifs is 1. The van der Waals surface area contributed by atoms with Gasteiger partial charge in [-0.25, -0.2) is 8.42 Å². The van der Waals surface area contributed by atoms with Crippen LogP contribution in [-0.4, -0.2) is 37.1 Å². The van der Waals surface area contributed by atoms with E-state index in [-0.39, 0.29) is 23.6 Å². The summed E-state index contributed by atoms with van der Waals surface area (Å²) in [5.41, 5.74) is 2.13. The number of aryl methyl sites for hydroxylation is 1. The number of thiocarbonyl (C=S) groups is 1. The van der Waals surface area contributed by atoms with Gasteiger partial charge in [0.25, 0.3) is 0 Å². The minimum Gasteiger partial charge on any atom is -0.356 e. The molecule has 0 aromatic heterocycles. The molecule has 2 fully saturated rings. The maximum atomic E-state index is 11.7. The van der Waals surface area contributed by atoms with Crippen molar-refractivity contribution in [2.24, 2.45) is 0 Å². The molecule has 0 radical (unpaired) electrons. The SMILES string of the molecule is Cc1ccc(N2C(=S)N[C@@H]3CS(=O)(=O)C[C@H]32)cc1. The van der Waals surface area contributed by atoms with E-state index in [9.17, 15) is 8.42 Å². The minimum absolute atomic E-state index is 0.0646. The van der Waals surface area contributed by atoms with Crippen molar-refractivity contribution >= 4 is 32.9 Å². The second kappa shape index (κ2) is 3.93. The van der Waals surface area contributed by atoms with Gasteiger partial charge < -0.3 is 10.2 Å². The maximum absolute atomic E-state index is 11.7. The van der Waals surface area contributed by atoms with E-state index in [1.54, 1.807) is 0 Å². The molecular weight excluding hydrogens is 268 g/mol. The molecule has 3 rings (SSSR count). The first-order valence-corrected chi connectivity index (χ1v) is 8.06. The lowest BCUT2D eigenvalue weighted by Crippen LogP contribution is -2.36. The molecule has 2 saturated heterocycles. The quantitative estimate of drug-likeness (QED) is 0.774. The molecule has 0 saturated carbocycles. The molecule has 96 valence electrons. The van der Waals surface area contributed by atoms with Gasteiger partial charge in [0.1, 0.15) is 0 Å². The van der Waals surface area contributed by atoms with Crippen LogP contribution in [0.4, 0.5) is 5.69 Å². The lowest BCUT2D eigenvalue weighted by molar-refractivity contribution is 0.600. The molecule has 2 aliphatic rings. The van der Waals surface area contributed by atoms with E-state index in [4.69, 9.17) is 12.2 Å². The van der Waals surface area contributed by atoms with E-state index >= 15 is 0 Å². The van der Waals surface area contributed by atoms with Crippen LogP contribution in [0.25, 0.3) is 0 Å². The highest BCUT2D eigenvalue weighted by Crippen LogP contribution is 2.29. The molecule has 1 aromatic rings. The van der Waals surface area contributed by atoms with Gasteiger partial charge in [-0.05, 0) is 31.3 Å². The summed E-state index contributed by atoms with van der Waals surface area (Å²) in [4.78, 5) is 1.93. The van der Waals surface area contributed by atoms with E-state index < -0.39 is 9.84 Å². The third kappa shape index (κ3) is 1.89. The molecular formula is C12H14N2O2S2.